The van der Waals surface area contributed by atoms with Crippen molar-refractivity contribution in [1.29, 1.82) is 0 Å². The van der Waals surface area contributed by atoms with E-state index < -0.39 is 18.1 Å². The normalized spacial score (nSPS) is 36.2. The van der Waals surface area contributed by atoms with E-state index in [1.54, 1.807) is 0 Å². The summed E-state index contributed by atoms with van der Waals surface area (Å²) in [7, 11) is 0. The molecule has 3 aliphatic carbocycles. The van der Waals surface area contributed by atoms with E-state index in [0.717, 1.165) is 5.57 Å². The molecule has 0 spiro atoms. The highest BCUT2D eigenvalue weighted by atomic mass is 16.3. The summed E-state index contributed by atoms with van der Waals surface area (Å²) in [4.78, 5) is 0. The summed E-state index contributed by atoms with van der Waals surface area (Å²) in [5.74, 6) is -0.386. The minimum atomic E-state index is -0.914. The zero-order chi connectivity index (χ0) is 12.3. The molecule has 0 fully saturated rings. The molecule has 0 amide bonds. The molecule has 0 saturated heterocycles. The first-order chi connectivity index (χ1) is 8.00. The minimum Gasteiger partial charge on any atom is -0.511 e. The van der Waals surface area contributed by atoms with Gasteiger partial charge in [-0.05, 0) is 22.8 Å². The molecular weight excluding hydrogens is 220 g/mol. The molecular formula is C13H14O4. The van der Waals surface area contributed by atoms with Crippen molar-refractivity contribution < 1.29 is 20.4 Å². The van der Waals surface area contributed by atoms with Crippen LogP contribution in [0.1, 0.15) is 12.8 Å². The Morgan fingerprint density at radius 2 is 1.82 bits per heavy atom. The molecule has 4 heteroatoms. The largest absolute Gasteiger partial charge is 0.511 e. The monoisotopic (exact) mass is 234 g/mol. The lowest BCUT2D eigenvalue weighted by Crippen LogP contribution is -2.24. The van der Waals surface area contributed by atoms with Crippen LogP contribution < -0.4 is 0 Å². The van der Waals surface area contributed by atoms with Crippen molar-refractivity contribution in [2.45, 2.75) is 25.0 Å². The van der Waals surface area contributed by atoms with E-state index in [1.807, 2.05) is 0 Å². The summed E-state index contributed by atoms with van der Waals surface area (Å²) >= 11 is 0. The summed E-state index contributed by atoms with van der Waals surface area (Å²) in [5.41, 5.74) is 2.87. The average Bonchev–Trinajstić information content (AvgIpc) is 2.50. The van der Waals surface area contributed by atoms with Crippen LogP contribution in [0.15, 0.2) is 46.5 Å². The smallest absolute Gasteiger partial charge is 0.122 e. The van der Waals surface area contributed by atoms with Gasteiger partial charge in [0, 0.05) is 18.4 Å². The Morgan fingerprint density at radius 3 is 2.53 bits per heavy atom. The second-order valence-electron chi connectivity index (χ2n) is 4.82. The van der Waals surface area contributed by atoms with Crippen LogP contribution in [-0.4, -0.2) is 32.6 Å². The van der Waals surface area contributed by atoms with Gasteiger partial charge in [-0.15, -0.1) is 0 Å². The van der Waals surface area contributed by atoms with Gasteiger partial charge in [0.25, 0.3) is 0 Å². The highest BCUT2D eigenvalue weighted by molar-refractivity contribution is 5.62. The van der Waals surface area contributed by atoms with Crippen molar-refractivity contribution in [1.82, 2.24) is 0 Å². The van der Waals surface area contributed by atoms with Gasteiger partial charge in [-0.2, -0.15) is 0 Å². The van der Waals surface area contributed by atoms with Gasteiger partial charge < -0.3 is 20.4 Å². The maximum atomic E-state index is 9.99. The van der Waals surface area contributed by atoms with Crippen LogP contribution >= 0.6 is 0 Å². The molecule has 3 aliphatic rings. The van der Waals surface area contributed by atoms with Crippen molar-refractivity contribution in [2.24, 2.45) is 5.92 Å². The van der Waals surface area contributed by atoms with E-state index in [1.165, 1.54) is 6.08 Å². The molecule has 0 heterocycles. The predicted molar refractivity (Wildman–Crippen MR) is 61.3 cm³/mol. The van der Waals surface area contributed by atoms with Crippen LogP contribution in [0.4, 0.5) is 0 Å². The van der Waals surface area contributed by atoms with Gasteiger partial charge in [-0.1, -0.05) is 6.58 Å². The summed E-state index contributed by atoms with van der Waals surface area (Å²) in [6.45, 7) is 3.90. The number of aliphatic hydroxyl groups excluding tert-OH is 4. The number of rotatable bonds is 0. The minimum absolute atomic E-state index is 0.100. The van der Waals surface area contributed by atoms with E-state index in [4.69, 9.17) is 0 Å². The van der Waals surface area contributed by atoms with Crippen molar-refractivity contribution in [2.75, 3.05) is 0 Å². The number of hydrogen-bond acceptors (Lipinski definition) is 4. The first kappa shape index (κ1) is 10.6. The van der Waals surface area contributed by atoms with Gasteiger partial charge in [-0.3, -0.25) is 0 Å². The Hall–Kier alpha value is -1.52. The van der Waals surface area contributed by atoms with Crippen LogP contribution in [0.3, 0.4) is 0 Å². The Balaban J connectivity index is 2.16. The van der Waals surface area contributed by atoms with E-state index in [9.17, 15) is 20.4 Å². The fourth-order valence-electron chi connectivity index (χ4n) is 2.95. The number of fused-ring (bicyclic) bond motifs is 2. The topological polar surface area (TPSA) is 80.9 Å². The van der Waals surface area contributed by atoms with Crippen LogP contribution in [0, 0.1) is 5.92 Å². The Kier molecular flexibility index (Phi) is 2.03. The van der Waals surface area contributed by atoms with E-state index in [2.05, 4.69) is 6.58 Å². The Bertz CT molecular complexity index is 510. The summed E-state index contributed by atoms with van der Waals surface area (Å²) in [6, 6.07) is 0. The predicted octanol–water partition coefficient (Wildman–Crippen LogP) is 1.25. The van der Waals surface area contributed by atoms with Gasteiger partial charge in [0.05, 0.1) is 12.0 Å². The molecule has 17 heavy (non-hydrogen) atoms. The molecule has 0 aliphatic heterocycles. The second-order valence-corrected chi connectivity index (χ2v) is 4.82. The molecule has 0 aromatic carbocycles. The zero-order valence-electron chi connectivity index (χ0n) is 9.22. The SMILES string of the molecule is C=C1C2=C(C=C(O)C(O)C2)C2=C(O)[C@@H]1[C@H](O)C2. The lowest BCUT2D eigenvalue weighted by Gasteiger charge is -2.29. The molecule has 0 radical (unpaired) electrons. The highest BCUT2D eigenvalue weighted by Gasteiger charge is 2.43. The number of hydrogen-bond donors (Lipinski definition) is 4. The molecule has 0 saturated carbocycles. The van der Waals surface area contributed by atoms with Crippen LogP contribution in [-0.2, 0) is 0 Å². The van der Waals surface area contributed by atoms with E-state index in [0.29, 0.717) is 23.1 Å². The zero-order valence-corrected chi connectivity index (χ0v) is 9.22. The molecule has 3 rings (SSSR count). The fourth-order valence-corrected chi connectivity index (χ4v) is 2.95. The number of allylic oxidation sites excluding steroid dienone is 2. The third-order valence-corrected chi connectivity index (χ3v) is 3.85. The van der Waals surface area contributed by atoms with Crippen molar-refractivity contribution >= 4 is 0 Å². The molecule has 1 unspecified atom stereocenters. The molecule has 0 aromatic heterocycles. The Labute approximate surface area is 98.5 Å². The van der Waals surface area contributed by atoms with Gasteiger partial charge in [0.1, 0.15) is 17.6 Å². The van der Waals surface area contributed by atoms with Gasteiger partial charge in [-0.25, -0.2) is 0 Å². The van der Waals surface area contributed by atoms with E-state index >= 15 is 0 Å². The average molecular weight is 234 g/mol. The lowest BCUT2D eigenvalue weighted by atomic mass is 9.79. The van der Waals surface area contributed by atoms with Crippen molar-refractivity contribution in [3.8, 4) is 0 Å². The van der Waals surface area contributed by atoms with Crippen molar-refractivity contribution in [3.63, 3.8) is 0 Å². The summed E-state index contributed by atoms with van der Waals surface area (Å²) in [5, 5.41) is 39.1. The number of aliphatic hydroxyl groups is 4. The summed E-state index contributed by atoms with van der Waals surface area (Å²) in [6.07, 6.45) is 0.554. The summed E-state index contributed by atoms with van der Waals surface area (Å²) < 4.78 is 0. The lowest BCUT2D eigenvalue weighted by molar-refractivity contribution is 0.135. The van der Waals surface area contributed by atoms with E-state index in [-0.39, 0.29) is 17.9 Å². The maximum absolute atomic E-state index is 9.99. The molecule has 0 aromatic rings. The molecule has 90 valence electrons. The quantitative estimate of drug-likeness (QED) is 0.508. The molecule has 2 bridgehead atoms. The van der Waals surface area contributed by atoms with Gasteiger partial charge in [0.15, 0.2) is 0 Å². The van der Waals surface area contributed by atoms with Gasteiger partial charge >= 0.3 is 0 Å². The van der Waals surface area contributed by atoms with Gasteiger partial charge in [0.2, 0.25) is 0 Å². The second kappa shape index (κ2) is 3.24. The maximum Gasteiger partial charge on any atom is 0.122 e. The highest BCUT2D eigenvalue weighted by Crippen LogP contribution is 2.49. The van der Waals surface area contributed by atoms with Crippen LogP contribution in [0.5, 0.6) is 0 Å². The molecule has 4 N–H and O–H groups in total. The third kappa shape index (κ3) is 1.25. The Morgan fingerprint density at radius 1 is 1.12 bits per heavy atom. The van der Waals surface area contributed by atoms with Crippen molar-refractivity contribution in [3.05, 3.63) is 46.5 Å². The van der Waals surface area contributed by atoms with Crippen LogP contribution in [0.25, 0.3) is 0 Å². The molecule has 4 nitrogen and oxygen atoms in total. The fraction of sp³-hybridized carbons (Fsp3) is 0.385. The van der Waals surface area contributed by atoms with Crippen LogP contribution in [0.2, 0.25) is 0 Å². The molecule has 3 atom stereocenters. The first-order valence-corrected chi connectivity index (χ1v) is 5.62. The first-order valence-electron chi connectivity index (χ1n) is 5.62. The standard InChI is InChI=1S/C13H14O4/c1-5-6-2-9(14)10(15)3-7(6)8-4-11(16)12(5)13(8)17/h3,9,11-12,14-17H,1-2,4H2/t9?,11-,12+/m1/s1. The third-order valence-electron chi connectivity index (χ3n) is 3.85.